The van der Waals surface area contributed by atoms with Gasteiger partial charge in [0.05, 0.1) is 13.2 Å². The number of amides is 1. The molecule has 4 rings (SSSR count). The van der Waals surface area contributed by atoms with Gasteiger partial charge >= 0.3 is 0 Å². The Morgan fingerprint density at radius 3 is 2.67 bits per heavy atom. The molecule has 1 amide bonds. The molecule has 0 spiro atoms. The highest BCUT2D eigenvalue weighted by Crippen LogP contribution is 2.31. The quantitative estimate of drug-likeness (QED) is 0.570. The summed E-state index contributed by atoms with van der Waals surface area (Å²) in [6.45, 7) is 5.05. The zero-order valence-corrected chi connectivity index (χ0v) is 17.5. The zero-order chi connectivity index (χ0) is 20.6. The van der Waals surface area contributed by atoms with Crippen LogP contribution in [0.5, 0.6) is 0 Å². The first kappa shape index (κ1) is 20.6. The molecule has 2 aromatic carbocycles. The molecule has 1 aromatic heterocycles. The number of morpholine rings is 1. The fourth-order valence-corrected chi connectivity index (χ4v) is 4.26. The lowest BCUT2D eigenvalue weighted by molar-refractivity contribution is -0.121. The Balaban J connectivity index is 1.39. The van der Waals surface area contributed by atoms with Crippen molar-refractivity contribution in [2.24, 2.45) is 0 Å². The molecule has 1 fully saturated rings. The molecule has 1 unspecified atom stereocenters. The molecule has 0 aliphatic carbocycles. The number of carbonyl (C=O) groups excluding carboxylic acids is 1. The number of H-pyrrole nitrogens is 1. The van der Waals surface area contributed by atoms with E-state index in [0.717, 1.165) is 51.2 Å². The number of ether oxygens (including phenoxy) is 1. The lowest BCUT2D eigenvalue weighted by Crippen LogP contribution is -2.41. The van der Waals surface area contributed by atoms with Crippen LogP contribution in [0.4, 0.5) is 0 Å². The predicted octanol–water partition coefficient (Wildman–Crippen LogP) is 3.72. The van der Waals surface area contributed by atoms with Crippen LogP contribution in [0.2, 0.25) is 0 Å². The Kier molecular flexibility index (Phi) is 7.16. The second-order valence-corrected chi connectivity index (χ2v) is 8.02. The number of para-hydroxylation sites is 1. The number of aromatic amines is 1. The number of benzene rings is 2. The van der Waals surface area contributed by atoms with Crippen LogP contribution in [-0.4, -0.2) is 55.2 Å². The van der Waals surface area contributed by atoms with Crippen molar-refractivity contribution in [3.05, 3.63) is 71.9 Å². The van der Waals surface area contributed by atoms with Crippen molar-refractivity contribution >= 4 is 16.8 Å². The summed E-state index contributed by atoms with van der Waals surface area (Å²) in [5, 5.41) is 4.36. The highest BCUT2D eigenvalue weighted by molar-refractivity contribution is 5.85. The van der Waals surface area contributed by atoms with Crippen molar-refractivity contribution in [3.8, 4) is 0 Å². The molecule has 2 heterocycles. The molecule has 1 atom stereocenters. The SMILES string of the molecule is O=C(CC(CCc1ccccc1)c1c[nH]c2ccccc12)NCCN1CCOCC1. The predicted molar refractivity (Wildman–Crippen MR) is 121 cm³/mol. The van der Waals surface area contributed by atoms with Crippen molar-refractivity contribution in [1.82, 2.24) is 15.2 Å². The van der Waals surface area contributed by atoms with E-state index in [9.17, 15) is 4.79 Å². The Hall–Kier alpha value is -2.63. The van der Waals surface area contributed by atoms with E-state index in [1.807, 2.05) is 12.1 Å². The molecular formula is C25H31N3O2. The third kappa shape index (κ3) is 5.49. The van der Waals surface area contributed by atoms with E-state index in [1.54, 1.807) is 0 Å². The minimum absolute atomic E-state index is 0.131. The monoisotopic (exact) mass is 405 g/mol. The maximum Gasteiger partial charge on any atom is 0.220 e. The molecule has 2 N–H and O–H groups in total. The summed E-state index contributed by atoms with van der Waals surface area (Å²) in [5.41, 5.74) is 3.69. The maximum absolute atomic E-state index is 12.8. The Bertz CT molecular complexity index is 932. The molecule has 0 bridgehead atoms. The Morgan fingerprint density at radius 1 is 1.07 bits per heavy atom. The van der Waals surface area contributed by atoms with Gasteiger partial charge in [0.25, 0.3) is 0 Å². The molecule has 30 heavy (non-hydrogen) atoms. The highest BCUT2D eigenvalue weighted by atomic mass is 16.5. The molecule has 158 valence electrons. The van der Waals surface area contributed by atoms with E-state index in [-0.39, 0.29) is 11.8 Å². The summed E-state index contributed by atoms with van der Waals surface area (Å²) in [6.07, 6.45) is 4.51. The van der Waals surface area contributed by atoms with Crippen molar-refractivity contribution < 1.29 is 9.53 Å². The fourth-order valence-electron chi connectivity index (χ4n) is 4.26. The lowest BCUT2D eigenvalue weighted by atomic mass is 9.89. The maximum atomic E-state index is 12.8. The van der Waals surface area contributed by atoms with Gasteiger partial charge in [0.2, 0.25) is 5.91 Å². The number of rotatable bonds is 9. The van der Waals surface area contributed by atoms with Crippen molar-refractivity contribution in [2.75, 3.05) is 39.4 Å². The number of carbonyl (C=O) groups is 1. The fraction of sp³-hybridized carbons (Fsp3) is 0.400. The van der Waals surface area contributed by atoms with Gasteiger partial charge < -0.3 is 15.0 Å². The second-order valence-electron chi connectivity index (χ2n) is 8.02. The third-order valence-electron chi connectivity index (χ3n) is 5.97. The summed E-state index contributed by atoms with van der Waals surface area (Å²) in [5.74, 6) is 0.316. The van der Waals surface area contributed by atoms with Crippen LogP contribution < -0.4 is 5.32 Å². The molecule has 3 aromatic rings. The molecule has 5 nitrogen and oxygen atoms in total. The Morgan fingerprint density at radius 2 is 1.83 bits per heavy atom. The molecule has 5 heteroatoms. The van der Waals surface area contributed by atoms with Crippen LogP contribution in [0.25, 0.3) is 10.9 Å². The molecule has 0 saturated carbocycles. The van der Waals surface area contributed by atoms with Crippen LogP contribution >= 0.6 is 0 Å². The van der Waals surface area contributed by atoms with Crippen LogP contribution in [0, 0.1) is 0 Å². The topological polar surface area (TPSA) is 57.4 Å². The van der Waals surface area contributed by atoms with Gasteiger partial charge in [0, 0.05) is 49.7 Å². The van der Waals surface area contributed by atoms with Crippen molar-refractivity contribution in [2.45, 2.75) is 25.2 Å². The average molecular weight is 406 g/mol. The van der Waals surface area contributed by atoms with E-state index in [4.69, 9.17) is 4.74 Å². The zero-order valence-electron chi connectivity index (χ0n) is 17.5. The summed E-state index contributed by atoms with van der Waals surface area (Å²) in [4.78, 5) is 18.5. The second kappa shape index (κ2) is 10.4. The van der Waals surface area contributed by atoms with Crippen molar-refractivity contribution in [3.63, 3.8) is 0 Å². The van der Waals surface area contributed by atoms with E-state index in [0.29, 0.717) is 13.0 Å². The van der Waals surface area contributed by atoms with Crippen molar-refractivity contribution in [1.29, 1.82) is 0 Å². The summed E-state index contributed by atoms with van der Waals surface area (Å²) in [7, 11) is 0. The average Bonchev–Trinajstić information content (AvgIpc) is 3.22. The molecule has 1 aliphatic rings. The first-order chi connectivity index (χ1) is 14.8. The van der Waals surface area contributed by atoms with Gasteiger partial charge in [0.1, 0.15) is 0 Å². The van der Waals surface area contributed by atoms with E-state index < -0.39 is 0 Å². The number of aromatic nitrogens is 1. The van der Waals surface area contributed by atoms with Crippen LogP contribution in [0.15, 0.2) is 60.8 Å². The number of hydrogen-bond acceptors (Lipinski definition) is 3. The van der Waals surface area contributed by atoms with Gasteiger partial charge in [0.15, 0.2) is 0 Å². The van der Waals surface area contributed by atoms with Gasteiger partial charge in [-0.05, 0) is 36.0 Å². The largest absolute Gasteiger partial charge is 0.379 e. The summed E-state index contributed by atoms with van der Waals surface area (Å²) in [6, 6.07) is 18.9. The summed E-state index contributed by atoms with van der Waals surface area (Å²) < 4.78 is 5.39. The third-order valence-corrected chi connectivity index (χ3v) is 5.97. The van der Waals surface area contributed by atoms with Gasteiger partial charge in [-0.15, -0.1) is 0 Å². The minimum Gasteiger partial charge on any atom is -0.379 e. The first-order valence-corrected chi connectivity index (χ1v) is 11.0. The van der Waals surface area contributed by atoms with Crippen LogP contribution in [-0.2, 0) is 16.0 Å². The van der Waals surface area contributed by atoms with Gasteiger partial charge in [-0.3, -0.25) is 9.69 Å². The minimum atomic E-state index is 0.131. The molecular weight excluding hydrogens is 374 g/mol. The Labute approximate surface area is 178 Å². The highest BCUT2D eigenvalue weighted by Gasteiger charge is 2.20. The molecule has 0 radical (unpaired) electrons. The number of nitrogens with zero attached hydrogens (tertiary/aromatic N) is 1. The molecule has 1 saturated heterocycles. The lowest BCUT2D eigenvalue weighted by Gasteiger charge is -2.26. The standard InChI is InChI=1S/C25H31N3O2/c29-25(26-12-13-28-14-16-30-17-15-28)18-21(11-10-20-6-2-1-3-7-20)23-19-27-24-9-5-4-8-22(23)24/h1-9,19,21,27H,10-18H2,(H,26,29). The van der Waals surface area contributed by atoms with E-state index in [2.05, 4.69) is 63.9 Å². The summed E-state index contributed by atoms with van der Waals surface area (Å²) >= 11 is 0. The van der Waals surface area contributed by atoms with Gasteiger partial charge in [-0.25, -0.2) is 0 Å². The number of hydrogen-bond donors (Lipinski definition) is 2. The molecule has 1 aliphatic heterocycles. The van der Waals surface area contributed by atoms with E-state index >= 15 is 0 Å². The van der Waals surface area contributed by atoms with Gasteiger partial charge in [-0.1, -0.05) is 48.5 Å². The van der Waals surface area contributed by atoms with Crippen LogP contribution in [0.3, 0.4) is 0 Å². The normalized spacial score (nSPS) is 15.9. The van der Waals surface area contributed by atoms with E-state index in [1.165, 1.54) is 16.5 Å². The number of nitrogens with one attached hydrogen (secondary N) is 2. The smallest absolute Gasteiger partial charge is 0.220 e. The van der Waals surface area contributed by atoms with Gasteiger partial charge in [-0.2, -0.15) is 0 Å². The number of aryl methyl sites for hydroxylation is 1. The number of fused-ring (bicyclic) bond motifs is 1. The first-order valence-electron chi connectivity index (χ1n) is 11.0. The van der Waals surface area contributed by atoms with Crippen LogP contribution in [0.1, 0.15) is 29.9 Å².